The Kier molecular flexibility index (Phi) is 10.2. The van der Waals surface area contributed by atoms with Crippen LogP contribution in [0.15, 0.2) is 24.3 Å². The van der Waals surface area contributed by atoms with Gasteiger partial charge in [-0.25, -0.2) is 9.59 Å². The summed E-state index contributed by atoms with van der Waals surface area (Å²) in [6, 6.07) is 5.50. The summed E-state index contributed by atoms with van der Waals surface area (Å²) in [7, 11) is 1.25. The second-order valence-corrected chi connectivity index (χ2v) is 12.6. The number of alkyl carbamates (subject to hydrolysis) is 1. The molecule has 0 radical (unpaired) electrons. The highest BCUT2D eigenvalue weighted by atomic mass is 35.5. The van der Waals surface area contributed by atoms with Crippen molar-refractivity contribution in [2.24, 2.45) is 11.8 Å². The van der Waals surface area contributed by atoms with Crippen LogP contribution in [0.5, 0.6) is 0 Å². The van der Waals surface area contributed by atoms with Gasteiger partial charge in [-0.05, 0) is 75.0 Å². The van der Waals surface area contributed by atoms with Gasteiger partial charge in [0.05, 0.1) is 7.11 Å². The van der Waals surface area contributed by atoms with Crippen LogP contribution >= 0.6 is 11.6 Å². The summed E-state index contributed by atoms with van der Waals surface area (Å²) < 4.78 is 16.3. The number of halogens is 1. The van der Waals surface area contributed by atoms with E-state index in [0.29, 0.717) is 50.3 Å². The summed E-state index contributed by atoms with van der Waals surface area (Å²) >= 11 is 6.14. The van der Waals surface area contributed by atoms with Crippen molar-refractivity contribution < 1.29 is 33.4 Å². The average molecular weight is 592 g/mol. The third-order valence-electron chi connectivity index (χ3n) is 8.47. The molecular weight excluding hydrogens is 550 g/mol. The Morgan fingerprint density at radius 1 is 1.12 bits per heavy atom. The van der Waals surface area contributed by atoms with Crippen LogP contribution in [0.3, 0.4) is 0 Å². The molecule has 2 saturated heterocycles. The molecule has 3 aliphatic rings. The number of nitrogens with one attached hydrogen (secondary N) is 3. The van der Waals surface area contributed by atoms with Crippen LogP contribution in [0.4, 0.5) is 4.79 Å². The van der Waals surface area contributed by atoms with Crippen LogP contribution in [0, 0.1) is 11.8 Å². The highest BCUT2D eigenvalue weighted by Crippen LogP contribution is 2.39. The van der Waals surface area contributed by atoms with E-state index in [4.69, 9.17) is 25.8 Å². The predicted molar refractivity (Wildman–Crippen MR) is 152 cm³/mol. The first-order chi connectivity index (χ1) is 19.5. The third kappa shape index (κ3) is 8.13. The number of methoxy groups -OCH3 is 1. The minimum atomic E-state index is -1.04. The monoisotopic (exact) mass is 591 g/mol. The van der Waals surface area contributed by atoms with Crippen LogP contribution < -0.4 is 16.0 Å². The lowest BCUT2D eigenvalue weighted by molar-refractivity contribution is -0.146. The molecule has 10 nitrogen and oxygen atoms in total. The van der Waals surface area contributed by atoms with Crippen molar-refractivity contribution in [1.82, 2.24) is 16.0 Å². The van der Waals surface area contributed by atoms with Crippen LogP contribution in [-0.4, -0.2) is 67.4 Å². The quantitative estimate of drug-likeness (QED) is 0.334. The predicted octanol–water partition coefficient (Wildman–Crippen LogP) is 3.68. The lowest BCUT2D eigenvalue weighted by atomic mass is 9.76. The third-order valence-corrected chi connectivity index (χ3v) is 8.71. The minimum Gasteiger partial charge on any atom is -0.467 e. The summed E-state index contributed by atoms with van der Waals surface area (Å²) in [4.78, 5) is 52.1. The Hall–Kier alpha value is -2.85. The van der Waals surface area contributed by atoms with Gasteiger partial charge >= 0.3 is 12.1 Å². The number of carbonyl (C=O) groups is 4. The van der Waals surface area contributed by atoms with E-state index < -0.39 is 41.6 Å². The first-order valence-corrected chi connectivity index (χ1v) is 14.9. The van der Waals surface area contributed by atoms with Crippen LogP contribution in [-0.2, 0) is 35.0 Å². The Labute approximate surface area is 246 Å². The summed E-state index contributed by atoms with van der Waals surface area (Å²) in [6.45, 7) is 5.02. The summed E-state index contributed by atoms with van der Waals surface area (Å²) in [5.41, 5.74) is -0.0162. The van der Waals surface area contributed by atoms with Gasteiger partial charge in [-0.2, -0.15) is 0 Å². The van der Waals surface area contributed by atoms with Crippen LogP contribution in [0.1, 0.15) is 70.8 Å². The molecule has 3 fully saturated rings. The molecule has 0 bridgehead atoms. The maximum atomic E-state index is 13.5. The minimum absolute atomic E-state index is 0.0701. The Bertz CT molecular complexity index is 1120. The molecule has 3 N–H and O–H groups in total. The number of ether oxygens (including phenoxy) is 3. The van der Waals surface area contributed by atoms with Crippen LogP contribution in [0.25, 0.3) is 0 Å². The molecule has 3 atom stereocenters. The first kappa shape index (κ1) is 31.1. The van der Waals surface area contributed by atoms with Crippen molar-refractivity contribution >= 4 is 35.5 Å². The highest BCUT2D eigenvalue weighted by molar-refractivity contribution is 6.30. The van der Waals surface area contributed by atoms with Gasteiger partial charge in [-0.3, -0.25) is 9.59 Å². The molecule has 2 unspecified atom stereocenters. The Morgan fingerprint density at radius 3 is 2.46 bits per heavy atom. The molecule has 2 heterocycles. The fourth-order valence-corrected chi connectivity index (χ4v) is 6.36. The zero-order chi connectivity index (χ0) is 29.6. The maximum Gasteiger partial charge on any atom is 0.408 e. The van der Waals surface area contributed by atoms with E-state index in [1.807, 2.05) is 32.0 Å². The van der Waals surface area contributed by atoms with Gasteiger partial charge < -0.3 is 30.2 Å². The van der Waals surface area contributed by atoms with Gasteiger partial charge in [0, 0.05) is 36.1 Å². The van der Waals surface area contributed by atoms with E-state index in [1.54, 1.807) is 6.07 Å². The molecule has 1 spiro atoms. The topological polar surface area (TPSA) is 132 Å². The van der Waals surface area contributed by atoms with Crippen molar-refractivity contribution in [3.05, 3.63) is 34.9 Å². The van der Waals surface area contributed by atoms with E-state index in [2.05, 4.69) is 16.0 Å². The molecule has 3 amide bonds. The molecule has 41 heavy (non-hydrogen) atoms. The number of amides is 3. The molecule has 2 aliphatic heterocycles. The number of rotatable bonds is 11. The maximum absolute atomic E-state index is 13.5. The molecule has 1 saturated carbocycles. The molecule has 1 aromatic rings. The van der Waals surface area contributed by atoms with Crippen molar-refractivity contribution in [2.45, 2.75) is 94.9 Å². The zero-order valence-corrected chi connectivity index (χ0v) is 24.9. The molecule has 0 aromatic heterocycles. The molecule has 226 valence electrons. The number of benzene rings is 1. The fourth-order valence-electron chi connectivity index (χ4n) is 6.15. The van der Waals surface area contributed by atoms with E-state index in [9.17, 15) is 19.2 Å². The molecular formula is C30H42ClN3O7. The lowest BCUT2D eigenvalue weighted by Gasteiger charge is -2.41. The second-order valence-electron chi connectivity index (χ2n) is 12.2. The number of hydrogen-bond donors (Lipinski definition) is 3. The Morgan fingerprint density at radius 2 is 1.85 bits per heavy atom. The van der Waals surface area contributed by atoms with E-state index in [-0.39, 0.29) is 23.8 Å². The fraction of sp³-hybridized carbons (Fsp3) is 0.667. The van der Waals surface area contributed by atoms with E-state index in [1.165, 1.54) is 7.11 Å². The second kappa shape index (κ2) is 13.4. The molecule has 4 rings (SSSR count). The molecule has 1 aromatic carbocycles. The lowest BCUT2D eigenvalue weighted by Crippen LogP contribution is -2.54. The zero-order valence-electron chi connectivity index (χ0n) is 24.1. The van der Waals surface area contributed by atoms with Gasteiger partial charge in [0.25, 0.3) is 0 Å². The largest absolute Gasteiger partial charge is 0.467 e. The van der Waals surface area contributed by atoms with Gasteiger partial charge in [0.2, 0.25) is 11.8 Å². The molecule has 1 aliphatic carbocycles. The van der Waals surface area contributed by atoms with Gasteiger partial charge in [-0.1, -0.05) is 37.6 Å². The highest BCUT2D eigenvalue weighted by Gasteiger charge is 2.46. The Balaban J connectivity index is 1.39. The van der Waals surface area contributed by atoms with Crippen molar-refractivity contribution in [1.29, 1.82) is 0 Å². The number of carbonyl (C=O) groups excluding carboxylic acids is 4. The van der Waals surface area contributed by atoms with Crippen molar-refractivity contribution in [3.8, 4) is 0 Å². The van der Waals surface area contributed by atoms with Crippen molar-refractivity contribution in [3.63, 3.8) is 0 Å². The van der Waals surface area contributed by atoms with Crippen LogP contribution in [0.2, 0.25) is 5.02 Å². The smallest absolute Gasteiger partial charge is 0.408 e. The van der Waals surface area contributed by atoms with E-state index in [0.717, 1.165) is 24.8 Å². The van der Waals surface area contributed by atoms with Gasteiger partial charge in [0.15, 0.2) is 0 Å². The van der Waals surface area contributed by atoms with Gasteiger partial charge in [0.1, 0.15) is 17.7 Å². The van der Waals surface area contributed by atoms with E-state index >= 15 is 0 Å². The number of hydrogen-bond acceptors (Lipinski definition) is 7. The standard InChI is InChI=1S/C30H42ClN3O7/c1-19(2)14-23(33-28(38)41-30(8-5-9-30)17-20-6-4-7-22(31)15-20)26(36)32-24(27(37)39-3)16-21-18-29(34-25(21)35)10-12-40-13-11-29/h4,6-7,15,19,21,23-24H,5,8-14,16-18H2,1-3H3,(H,32,36)(H,33,38)(H,34,35)/t21?,23-,24?/m0/s1. The summed E-state index contributed by atoms with van der Waals surface area (Å²) in [6.07, 6.45) is 4.66. The summed E-state index contributed by atoms with van der Waals surface area (Å²) in [5, 5.41) is 9.20. The molecule has 11 heteroatoms. The summed E-state index contributed by atoms with van der Waals surface area (Å²) in [5.74, 6) is -1.69. The van der Waals surface area contributed by atoms with Gasteiger partial charge in [-0.15, -0.1) is 0 Å². The normalized spacial score (nSPS) is 22.3. The first-order valence-electron chi connectivity index (χ1n) is 14.5. The SMILES string of the molecule is COC(=O)C(CC1CC2(CCOCC2)NC1=O)NC(=O)[C@H](CC(C)C)NC(=O)OC1(Cc2cccc(Cl)c2)CCC1. The van der Waals surface area contributed by atoms with Crippen molar-refractivity contribution in [2.75, 3.05) is 20.3 Å². The average Bonchev–Trinajstić information content (AvgIpc) is 3.19. The number of esters is 1.